The van der Waals surface area contributed by atoms with E-state index in [0.717, 1.165) is 6.07 Å². The van der Waals surface area contributed by atoms with Crippen molar-refractivity contribution in [3.05, 3.63) is 45.1 Å². The van der Waals surface area contributed by atoms with Crippen molar-refractivity contribution < 1.29 is 13.6 Å². The molecule has 0 spiro atoms. The molecule has 0 aromatic heterocycles. The SMILES string of the molecule is CCC(=O)/C=C\C(=NC)c1cc(F)c(F)c(I)c1. The zero-order valence-electron chi connectivity index (χ0n) is 10.0. The van der Waals surface area contributed by atoms with Gasteiger partial charge in [-0.25, -0.2) is 8.78 Å². The van der Waals surface area contributed by atoms with Crippen molar-refractivity contribution in [2.45, 2.75) is 13.3 Å². The highest BCUT2D eigenvalue weighted by Gasteiger charge is 2.10. The third-order valence-electron chi connectivity index (χ3n) is 2.30. The van der Waals surface area contributed by atoms with Gasteiger partial charge in [0, 0.05) is 19.0 Å². The maximum atomic E-state index is 13.3. The van der Waals surface area contributed by atoms with Gasteiger partial charge in [0.15, 0.2) is 17.4 Å². The maximum Gasteiger partial charge on any atom is 0.172 e. The van der Waals surface area contributed by atoms with E-state index in [1.54, 1.807) is 29.5 Å². The Morgan fingerprint density at radius 3 is 2.56 bits per heavy atom. The van der Waals surface area contributed by atoms with Gasteiger partial charge in [0.05, 0.1) is 9.28 Å². The predicted molar refractivity (Wildman–Crippen MR) is 76.0 cm³/mol. The molecular formula is C13H12F2INO. The molecule has 0 radical (unpaired) electrons. The molecule has 1 rings (SSSR count). The van der Waals surface area contributed by atoms with E-state index in [2.05, 4.69) is 4.99 Å². The zero-order valence-corrected chi connectivity index (χ0v) is 12.2. The fourth-order valence-corrected chi connectivity index (χ4v) is 1.89. The molecule has 96 valence electrons. The number of halogens is 3. The minimum Gasteiger partial charge on any atom is -0.295 e. The molecule has 1 aromatic carbocycles. The summed E-state index contributed by atoms with van der Waals surface area (Å²) in [4.78, 5) is 15.1. The molecular weight excluding hydrogens is 351 g/mol. The number of hydrogen-bond acceptors (Lipinski definition) is 2. The summed E-state index contributed by atoms with van der Waals surface area (Å²) in [6, 6.07) is 2.56. The summed E-state index contributed by atoms with van der Waals surface area (Å²) in [6.07, 6.45) is 3.29. The molecule has 18 heavy (non-hydrogen) atoms. The monoisotopic (exact) mass is 363 g/mol. The molecule has 0 N–H and O–H groups in total. The first-order chi connectivity index (χ1) is 8.49. The van der Waals surface area contributed by atoms with Gasteiger partial charge in [-0.15, -0.1) is 0 Å². The van der Waals surface area contributed by atoms with Gasteiger partial charge in [0.2, 0.25) is 0 Å². The molecule has 1 aromatic rings. The topological polar surface area (TPSA) is 29.4 Å². The molecule has 0 aliphatic rings. The lowest BCUT2D eigenvalue weighted by Gasteiger charge is -2.04. The first kappa shape index (κ1) is 14.9. The Kier molecular flexibility index (Phi) is 5.58. The van der Waals surface area contributed by atoms with Gasteiger partial charge in [-0.1, -0.05) is 6.92 Å². The maximum absolute atomic E-state index is 13.3. The molecule has 0 unspecified atom stereocenters. The largest absolute Gasteiger partial charge is 0.295 e. The van der Waals surface area contributed by atoms with Crippen molar-refractivity contribution in [1.82, 2.24) is 0 Å². The number of allylic oxidation sites excluding steroid dienone is 2. The Hall–Kier alpha value is -1.11. The third-order valence-corrected chi connectivity index (χ3v) is 3.08. The van der Waals surface area contributed by atoms with Crippen molar-refractivity contribution in [3.63, 3.8) is 0 Å². The molecule has 0 aliphatic carbocycles. The van der Waals surface area contributed by atoms with E-state index in [1.807, 2.05) is 0 Å². The van der Waals surface area contributed by atoms with Gasteiger partial charge in [0.25, 0.3) is 0 Å². The number of hydrogen-bond donors (Lipinski definition) is 0. The second-order valence-corrected chi connectivity index (χ2v) is 4.68. The lowest BCUT2D eigenvalue weighted by atomic mass is 10.1. The van der Waals surface area contributed by atoms with Crippen LogP contribution in [-0.2, 0) is 4.79 Å². The van der Waals surface area contributed by atoms with Crippen molar-refractivity contribution in [2.75, 3.05) is 7.05 Å². The average molecular weight is 363 g/mol. The zero-order chi connectivity index (χ0) is 13.7. The van der Waals surface area contributed by atoms with Crippen molar-refractivity contribution >= 4 is 34.1 Å². The summed E-state index contributed by atoms with van der Waals surface area (Å²) < 4.78 is 26.6. The minimum atomic E-state index is -0.923. The van der Waals surface area contributed by atoms with Crippen LogP contribution in [0.3, 0.4) is 0 Å². The summed E-state index contributed by atoms with van der Waals surface area (Å²) in [7, 11) is 1.53. The van der Waals surface area contributed by atoms with E-state index < -0.39 is 11.6 Å². The molecule has 0 aliphatic heterocycles. The van der Waals surface area contributed by atoms with Crippen molar-refractivity contribution in [2.24, 2.45) is 4.99 Å². The molecule has 5 heteroatoms. The lowest BCUT2D eigenvalue weighted by Crippen LogP contribution is -2.02. The molecule has 0 saturated carbocycles. The molecule has 0 saturated heterocycles. The van der Waals surface area contributed by atoms with E-state index >= 15 is 0 Å². The van der Waals surface area contributed by atoms with E-state index in [9.17, 15) is 13.6 Å². The fourth-order valence-electron chi connectivity index (χ4n) is 1.29. The number of carbonyl (C=O) groups excluding carboxylic acids is 1. The minimum absolute atomic E-state index is 0.0477. The second-order valence-electron chi connectivity index (χ2n) is 3.52. The van der Waals surface area contributed by atoms with Crippen LogP contribution in [0, 0.1) is 15.2 Å². The molecule has 2 nitrogen and oxygen atoms in total. The number of nitrogens with zero attached hydrogens (tertiary/aromatic N) is 1. The van der Waals surface area contributed by atoms with Gasteiger partial charge in [0.1, 0.15) is 0 Å². The van der Waals surface area contributed by atoms with E-state index in [4.69, 9.17) is 0 Å². The summed E-state index contributed by atoms with van der Waals surface area (Å²) >= 11 is 1.71. The fraction of sp³-hybridized carbons (Fsp3) is 0.231. The molecule has 0 bridgehead atoms. The van der Waals surface area contributed by atoms with Crippen LogP contribution in [0.15, 0.2) is 29.3 Å². The Balaban J connectivity index is 3.12. The number of carbonyl (C=O) groups is 1. The van der Waals surface area contributed by atoms with Crippen LogP contribution in [0.2, 0.25) is 0 Å². The number of ketones is 1. The van der Waals surface area contributed by atoms with Gasteiger partial charge in [-0.05, 0) is 46.9 Å². The average Bonchev–Trinajstić information content (AvgIpc) is 2.36. The van der Waals surface area contributed by atoms with Crippen molar-refractivity contribution in [3.8, 4) is 0 Å². The van der Waals surface area contributed by atoms with Crippen LogP contribution in [0.4, 0.5) is 8.78 Å². The highest BCUT2D eigenvalue weighted by Crippen LogP contribution is 2.18. The summed E-state index contributed by atoms with van der Waals surface area (Å²) in [6.45, 7) is 1.75. The highest BCUT2D eigenvalue weighted by atomic mass is 127. The predicted octanol–water partition coefficient (Wildman–Crippen LogP) is 3.52. The van der Waals surface area contributed by atoms with Crippen molar-refractivity contribution in [1.29, 1.82) is 0 Å². The Bertz CT molecular complexity index is 501. The second kappa shape index (κ2) is 6.72. The Morgan fingerprint density at radius 1 is 1.39 bits per heavy atom. The molecule has 0 fully saturated rings. The number of benzene rings is 1. The van der Waals surface area contributed by atoms with E-state index in [1.165, 1.54) is 25.3 Å². The first-order valence-electron chi connectivity index (χ1n) is 5.32. The molecule has 0 amide bonds. The number of aliphatic imine (C=N–C) groups is 1. The van der Waals surface area contributed by atoms with Gasteiger partial charge >= 0.3 is 0 Å². The van der Waals surface area contributed by atoms with Gasteiger partial charge in [-0.2, -0.15) is 0 Å². The van der Waals surface area contributed by atoms with Gasteiger partial charge in [-0.3, -0.25) is 9.79 Å². The molecule has 0 atom stereocenters. The van der Waals surface area contributed by atoms with Crippen LogP contribution in [0.5, 0.6) is 0 Å². The van der Waals surface area contributed by atoms with Gasteiger partial charge < -0.3 is 0 Å². The van der Waals surface area contributed by atoms with Crippen LogP contribution >= 0.6 is 22.6 Å². The molecule has 0 heterocycles. The quantitative estimate of drug-likeness (QED) is 0.348. The van der Waals surface area contributed by atoms with Crippen LogP contribution < -0.4 is 0 Å². The standard InChI is InChI=1S/C13H12F2INO/c1-3-9(18)4-5-12(17-2)8-6-10(14)13(15)11(16)7-8/h4-7H,3H2,1-2H3/b5-4-,17-12?. The summed E-state index contributed by atoms with van der Waals surface area (Å²) in [5, 5.41) is 0. The van der Waals surface area contributed by atoms with E-state index in [-0.39, 0.29) is 9.35 Å². The van der Waals surface area contributed by atoms with Crippen LogP contribution in [-0.4, -0.2) is 18.5 Å². The van der Waals surface area contributed by atoms with Crippen LogP contribution in [0.25, 0.3) is 0 Å². The smallest absolute Gasteiger partial charge is 0.172 e. The van der Waals surface area contributed by atoms with E-state index in [0.29, 0.717) is 17.7 Å². The number of rotatable bonds is 4. The first-order valence-corrected chi connectivity index (χ1v) is 6.40. The van der Waals surface area contributed by atoms with Crippen LogP contribution in [0.1, 0.15) is 18.9 Å². The lowest BCUT2D eigenvalue weighted by molar-refractivity contribution is -0.114. The Morgan fingerprint density at radius 2 is 2.06 bits per heavy atom. The summed E-state index contributed by atoms with van der Waals surface area (Å²) in [5.41, 5.74) is 0.884. The summed E-state index contributed by atoms with van der Waals surface area (Å²) in [5.74, 6) is -1.84. The normalized spacial score (nSPS) is 12.2. The third kappa shape index (κ3) is 3.69. The highest BCUT2D eigenvalue weighted by molar-refractivity contribution is 14.1. The Labute approximate surface area is 118 Å².